The Bertz CT molecular complexity index is 854. The Morgan fingerprint density at radius 1 is 1.37 bits per heavy atom. The van der Waals surface area contributed by atoms with Crippen LogP contribution in [0.5, 0.6) is 0 Å². The summed E-state index contributed by atoms with van der Waals surface area (Å²) >= 11 is 6.41. The maximum Gasteiger partial charge on any atom is 0.191 e. The van der Waals surface area contributed by atoms with E-state index in [1.54, 1.807) is 7.11 Å². The number of aliphatic imine (C=N–C) groups is 1. The van der Waals surface area contributed by atoms with Gasteiger partial charge in [0.15, 0.2) is 11.8 Å². The Kier molecular flexibility index (Phi) is 9.36. The van der Waals surface area contributed by atoms with Crippen LogP contribution >= 0.6 is 35.6 Å². The molecule has 166 valence electrons. The van der Waals surface area contributed by atoms with Gasteiger partial charge in [-0.15, -0.1) is 24.0 Å². The topological polar surface area (TPSA) is 76.4 Å². The predicted molar refractivity (Wildman–Crippen MR) is 132 cm³/mol. The maximum atomic E-state index is 6.41. The van der Waals surface area contributed by atoms with Gasteiger partial charge in [-0.3, -0.25) is 4.99 Å². The second-order valence-electron chi connectivity index (χ2n) is 8.00. The van der Waals surface area contributed by atoms with Crippen LogP contribution in [-0.4, -0.2) is 47.0 Å². The number of fused-ring (bicyclic) bond motifs is 1. The first kappa shape index (κ1) is 24.9. The van der Waals surface area contributed by atoms with E-state index in [-0.39, 0.29) is 35.4 Å². The van der Waals surface area contributed by atoms with E-state index in [2.05, 4.69) is 47.6 Å². The van der Waals surface area contributed by atoms with Gasteiger partial charge in [0.2, 0.25) is 0 Å². The summed E-state index contributed by atoms with van der Waals surface area (Å²) in [5.41, 5.74) is 0.943. The molecule has 1 unspecified atom stereocenters. The van der Waals surface area contributed by atoms with E-state index in [0.29, 0.717) is 13.2 Å². The van der Waals surface area contributed by atoms with E-state index in [1.807, 2.05) is 22.9 Å². The first-order chi connectivity index (χ1) is 13.9. The lowest BCUT2D eigenvalue weighted by molar-refractivity contribution is 0.177. The van der Waals surface area contributed by atoms with Crippen molar-refractivity contribution in [1.29, 1.82) is 0 Å². The van der Waals surface area contributed by atoms with Crippen LogP contribution in [0.4, 0.5) is 0 Å². The molecule has 9 heteroatoms. The summed E-state index contributed by atoms with van der Waals surface area (Å²) in [5.74, 6) is 2.58. The van der Waals surface area contributed by atoms with Crippen molar-refractivity contribution < 1.29 is 4.74 Å². The molecular weight excluding hydrogens is 515 g/mol. The van der Waals surface area contributed by atoms with Gasteiger partial charge in [-0.05, 0) is 25.0 Å². The number of nitrogens with one attached hydrogen (secondary N) is 2. The van der Waals surface area contributed by atoms with E-state index >= 15 is 0 Å². The molecule has 0 spiro atoms. The standard InChI is InChI=1S/C21H31ClN6O.HI/c1-5-23-20(24-14-21(2,3)16-8-6-7-9-17(16)22)25-15-10-11-19-26-18(13-29-4)27-28(19)12-15;/h6-9,15H,5,10-14H2,1-4H3,(H2,23,24,25);1H. The largest absolute Gasteiger partial charge is 0.377 e. The first-order valence-corrected chi connectivity index (χ1v) is 10.5. The van der Waals surface area contributed by atoms with E-state index in [9.17, 15) is 0 Å². The maximum absolute atomic E-state index is 6.41. The summed E-state index contributed by atoms with van der Waals surface area (Å²) in [5, 5.41) is 12.2. The molecule has 1 aromatic heterocycles. The predicted octanol–water partition coefficient (Wildman–Crippen LogP) is 3.54. The molecule has 0 fully saturated rings. The summed E-state index contributed by atoms with van der Waals surface area (Å²) in [7, 11) is 1.66. The Balaban J connectivity index is 0.00000320. The van der Waals surface area contributed by atoms with Crippen LogP contribution in [0.15, 0.2) is 29.3 Å². The van der Waals surface area contributed by atoms with Crippen molar-refractivity contribution in [3.8, 4) is 0 Å². The zero-order valence-corrected chi connectivity index (χ0v) is 21.2. The molecule has 0 amide bonds. The average Bonchev–Trinajstić information content (AvgIpc) is 3.08. The van der Waals surface area contributed by atoms with E-state index in [1.165, 1.54) is 0 Å². The fraction of sp³-hybridized carbons (Fsp3) is 0.571. The highest BCUT2D eigenvalue weighted by molar-refractivity contribution is 14.0. The van der Waals surface area contributed by atoms with Crippen LogP contribution in [-0.2, 0) is 29.7 Å². The Morgan fingerprint density at radius 3 is 2.83 bits per heavy atom. The smallest absolute Gasteiger partial charge is 0.191 e. The normalized spacial score (nSPS) is 16.6. The highest BCUT2D eigenvalue weighted by Crippen LogP contribution is 2.29. The fourth-order valence-electron chi connectivity index (χ4n) is 3.55. The summed E-state index contributed by atoms with van der Waals surface area (Å²) in [6.45, 7) is 9.05. The number of hydrogen-bond donors (Lipinski definition) is 2. The van der Waals surface area contributed by atoms with Gasteiger partial charge in [-0.25, -0.2) is 9.67 Å². The zero-order valence-electron chi connectivity index (χ0n) is 18.1. The van der Waals surface area contributed by atoms with Gasteiger partial charge in [0.25, 0.3) is 0 Å². The van der Waals surface area contributed by atoms with Crippen LogP contribution < -0.4 is 10.6 Å². The molecule has 2 N–H and O–H groups in total. The minimum atomic E-state index is -0.165. The number of guanidine groups is 1. The quantitative estimate of drug-likeness (QED) is 0.316. The first-order valence-electron chi connectivity index (χ1n) is 10.1. The lowest BCUT2D eigenvalue weighted by atomic mass is 9.85. The lowest BCUT2D eigenvalue weighted by Crippen LogP contribution is -2.47. The van der Waals surface area contributed by atoms with Crippen LogP contribution in [0.2, 0.25) is 5.02 Å². The molecule has 2 aromatic rings. The molecule has 7 nitrogen and oxygen atoms in total. The van der Waals surface area contributed by atoms with Crippen molar-refractivity contribution in [2.45, 2.75) is 58.2 Å². The van der Waals surface area contributed by atoms with Gasteiger partial charge >= 0.3 is 0 Å². The zero-order chi connectivity index (χ0) is 20.9. The summed E-state index contributed by atoms with van der Waals surface area (Å²) in [6.07, 6.45) is 1.88. The van der Waals surface area contributed by atoms with Crippen molar-refractivity contribution >= 4 is 41.5 Å². The average molecular weight is 547 g/mol. The molecule has 2 heterocycles. The van der Waals surface area contributed by atoms with Crippen molar-refractivity contribution in [1.82, 2.24) is 25.4 Å². The lowest BCUT2D eigenvalue weighted by Gasteiger charge is -2.27. The van der Waals surface area contributed by atoms with Crippen molar-refractivity contribution in [3.63, 3.8) is 0 Å². The van der Waals surface area contributed by atoms with E-state index in [4.69, 9.17) is 21.3 Å². The van der Waals surface area contributed by atoms with Crippen molar-refractivity contribution in [2.75, 3.05) is 20.2 Å². The second-order valence-corrected chi connectivity index (χ2v) is 8.41. The third kappa shape index (κ3) is 6.31. The number of halogens is 2. The van der Waals surface area contributed by atoms with Gasteiger partial charge in [0.05, 0.1) is 13.1 Å². The van der Waals surface area contributed by atoms with Crippen molar-refractivity contribution in [3.05, 3.63) is 46.5 Å². The second kappa shape index (κ2) is 11.3. The molecule has 0 bridgehead atoms. The Labute approximate surface area is 201 Å². The molecule has 30 heavy (non-hydrogen) atoms. The molecular formula is C21H32ClIN6O. The Hall–Kier alpha value is -1.39. The van der Waals surface area contributed by atoms with Gasteiger partial charge in [-0.1, -0.05) is 43.6 Å². The third-order valence-electron chi connectivity index (χ3n) is 5.10. The van der Waals surface area contributed by atoms with Gasteiger partial charge < -0.3 is 15.4 Å². The summed E-state index contributed by atoms with van der Waals surface area (Å²) in [6, 6.07) is 8.23. The number of aryl methyl sites for hydroxylation is 1. The minimum absolute atomic E-state index is 0. The Morgan fingerprint density at radius 2 is 2.13 bits per heavy atom. The number of rotatable bonds is 7. The molecule has 1 aliphatic rings. The van der Waals surface area contributed by atoms with Crippen molar-refractivity contribution in [2.24, 2.45) is 4.99 Å². The number of hydrogen-bond acceptors (Lipinski definition) is 4. The van der Waals surface area contributed by atoms with Gasteiger partial charge in [0.1, 0.15) is 12.4 Å². The molecule has 0 saturated carbocycles. The van der Waals surface area contributed by atoms with Crippen LogP contribution in [0.1, 0.15) is 44.4 Å². The molecule has 1 aromatic carbocycles. The van der Waals surface area contributed by atoms with Crippen LogP contribution in [0.3, 0.4) is 0 Å². The third-order valence-corrected chi connectivity index (χ3v) is 5.43. The molecule has 1 atom stereocenters. The monoisotopic (exact) mass is 546 g/mol. The fourth-order valence-corrected chi connectivity index (χ4v) is 3.95. The minimum Gasteiger partial charge on any atom is -0.377 e. The summed E-state index contributed by atoms with van der Waals surface area (Å²) < 4.78 is 7.12. The number of nitrogens with zero attached hydrogens (tertiary/aromatic N) is 4. The van der Waals surface area contributed by atoms with E-state index in [0.717, 1.165) is 54.1 Å². The van der Waals surface area contributed by atoms with Gasteiger partial charge in [-0.2, -0.15) is 5.10 Å². The van der Waals surface area contributed by atoms with Crippen LogP contribution in [0.25, 0.3) is 0 Å². The number of ether oxygens (including phenoxy) is 1. The number of methoxy groups -OCH3 is 1. The molecule has 0 radical (unpaired) electrons. The SMILES string of the molecule is CCNC(=NCC(C)(C)c1ccccc1Cl)NC1CCc2nc(COC)nn2C1.I. The van der Waals surface area contributed by atoms with Crippen LogP contribution in [0, 0.1) is 0 Å². The number of aromatic nitrogens is 3. The highest BCUT2D eigenvalue weighted by atomic mass is 127. The highest BCUT2D eigenvalue weighted by Gasteiger charge is 2.25. The molecule has 0 saturated heterocycles. The van der Waals surface area contributed by atoms with Gasteiger partial charge in [0, 0.05) is 36.6 Å². The molecule has 0 aliphatic carbocycles. The molecule has 3 rings (SSSR count). The number of benzene rings is 1. The molecule has 1 aliphatic heterocycles. The summed E-state index contributed by atoms with van der Waals surface area (Å²) in [4.78, 5) is 9.40. The van der Waals surface area contributed by atoms with E-state index < -0.39 is 0 Å².